The zero-order chi connectivity index (χ0) is 30.9. The van der Waals surface area contributed by atoms with Crippen LogP contribution in [0.3, 0.4) is 0 Å². The molecule has 0 aliphatic rings. The maximum Gasteiger partial charge on any atom is 0.322 e. The van der Waals surface area contributed by atoms with Gasteiger partial charge in [0.2, 0.25) is 21.8 Å². The van der Waals surface area contributed by atoms with Crippen LogP contribution in [0.5, 0.6) is 5.75 Å². The molecule has 1 rings (SSSR count). The maximum absolute atomic E-state index is 12.6. The van der Waals surface area contributed by atoms with E-state index in [9.17, 15) is 42.6 Å². The lowest BCUT2D eigenvalue weighted by atomic mass is 10.1. The molecule has 8 N–H and O–H groups in total. The number of halogens is 2. The first-order chi connectivity index (χ1) is 18.4. The smallest absolute Gasteiger partial charge is 0.322 e. The first-order valence-corrected chi connectivity index (χ1v) is 14.4. The number of thioether (sulfide) groups is 1. The minimum absolute atomic E-state index is 0.187. The minimum atomic E-state index is -4.15. The summed E-state index contributed by atoms with van der Waals surface area (Å²) in [6, 6.07) is -1.83. The summed E-state index contributed by atoms with van der Waals surface area (Å²) in [6.07, 6.45) is -1.17. The van der Waals surface area contributed by atoms with E-state index < -0.39 is 103 Å². The molecular weight excluding hydrogens is 619 g/mol. The highest BCUT2D eigenvalue weighted by Crippen LogP contribution is 2.41. The summed E-state index contributed by atoms with van der Waals surface area (Å²) < 4.78 is 26.1. The second-order valence-corrected chi connectivity index (χ2v) is 12.5. The van der Waals surface area contributed by atoms with Gasteiger partial charge in [0.05, 0.1) is 5.02 Å². The molecule has 0 radical (unpaired) electrons. The van der Waals surface area contributed by atoms with Crippen LogP contribution in [0, 0.1) is 0 Å². The molecule has 0 aliphatic heterocycles. The Bertz CT molecular complexity index is 1260. The summed E-state index contributed by atoms with van der Waals surface area (Å²) in [7, 11) is -1.70. The lowest BCUT2D eigenvalue weighted by Gasteiger charge is -2.21. The number of hydrogen-bond acceptors (Lipinski definition) is 10. The summed E-state index contributed by atoms with van der Waals surface area (Å²) in [6.45, 7) is -0.803. The lowest BCUT2D eigenvalue weighted by molar-refractivity contribution is -0.139. The summed E-state index contributed by atoms with van der Waals surface area (Å²) >= 11 is 12.6. The Labute approximate surface area is 243 Å². The van der Waals surface area contributed by atoms with Gasteiger partial charge in [-0.05, 0) is 24.5 Å². The molecule has 0 saturated heterocycles. The number of sulfonamides is 1. The molecule has 0 bridgehead atoms. The molecule has 40 heavy (non-hydrogen) atoms. The Hall–Kier alpha value is -2.83. The van der Waals surface area contributed by atoms with E-state index >= 15 is 0 Å². The third-order valence-electron chi connectivity index (χ3n) is 5.20. The highest BCUT2D eigenvalue weighted by atomic mass is 35.5. The number of nitrogens with zero attached hydrogens (tertiary/aromatic N) is 1. The van der Waals surface area contributed by atoms with Crippen molar-refractivity contribution in [3.63, 3.8) is 0 Å². The predicted molar refractivity (Wildman–Crippen MR) is 144 cm³/mol. The number of benzene rings is 1. The van der Waals surface area contributed by atoms with Gasteiger partial charge >= 0.3 is 17.9 Å². The molecule has 0 aliphatic carbocycles. The lowest BCUT2D eigenvalue weighted by Crippen LogP contribution is -2.50. The van der Waals surface area contributed by atoms with Crippen molar-refractivity contribution in [2.24, 2.45) is 5.73 Å². The minimum Gasteiger partial charge on any atom is -0.506 e. The summed E-state index contributed by atoms with van der Waals surface area (Å²) in [4.78, 5) is 58.0. The number of carboxylic acids is 3. The number of carbonyl (C=O) groups is 5. The topological polar surface area (TPSA) is 254 Å². The van der Waals surface area contributed by atoms with Gasteiger partial charge in [-0.25, -0.2) is 12.7 Å². The Morgan fingerprint density at radius 1 is 1.07 bits per heavy atom. The van der Waals surface area contributed by atoms with Crippen molar-refractivity contribution in [3.8, 4) is 5.75 Å². The van der Waals surface area contributed by atoms with Crippen LogP contribution in [0.4, 0.5) is 0 Å². The van der Waals surface area contributed by atoms with E-state index in [0.29, 0.717) is 11.8 Å². The quantitative estimate of drug-likeness (QED) is 0.120. The van der Waals surface area contributed by atoms with Gasteiger partial charge in [0, 0.05) is 26.3 Å². The number of hydrogen-bond donors (Lipinski definition) is 7. The third kappa shape index (κ3) is 9.97. The Balaban J connectivity index is 3.21. The summed E-state index contributed by atoms with van der Waals surface area (Å²) in [5.74, 6) is -7.02. The van der Waals surface area contributed by atoms with Gasteiger partial charge in [0.15, 0.2) is 0 Å². The van der Waals surface area contributed by atoms with Gasteiger partial charge in [-0.1, -0.05) is 23.2 Å². The van der Waals surface area contributed by atoms with E-state index in [2.05, 4.69) is 10.6 Å². The van der Waals surface area contributed by atoms with Crippen molar-refractivity contribution in [2.45, 2.75) is 41.5 Å². The predicted octanol–water partition coefficient (Wildman–Crippen LogP) is -0.444. The number of phenols is 1. The van der Waals surface area contributed by atoms with Crippen LogP contribution in [-0.2, 0) is 40.4 Å². The normalized spacial score (nSPS) is 13.8. The van der Waals surface area contributed by atoms with E-state index in [1.54, 1.807) is 0 Å². The van der Waals surface area contributed by atoms with Crippen molar-refractivity contribution >= 4 is 74.7 Å². The second-order valence-electron chi connectivity index (χ2n) is 8.38. The van der Waals surface area contributed by atoms with Crippen LogP contribution >= 0.6 is 35.0 Å². The Morgan fingerprint density at radius 3 is 2.17 bits per heavy atom. The van der Waals surface area contributed by atoms with E-state index in [0.717, 1.165) is 10.4 Å². The second kappa shape index (κ2) is 15.2. The maximum atomic E-state index is 12.6. The first-order valence-electron chi connectivity index (χ1n) is 11.1. The van der Waals surface area contributed by atoms with Gasteiger partial charge in [0.1, 0.15) is 39.5 Å². The van der Waals surface area contributed by atoms with Crippen molar-refractivity contribution in [1.82, 2.24) is 14.9 Å². The summed E-state index contributed by atoms with van der Waals surface area (Å²) in [5, 5.41) is 39.8. The third-order valence-corrected chi connectivity index (χ3v) is 9.30. The van der Waals surface area contributed by atoms with Crippen LogP contribution in [-0.4, -0.2) is 107 Å². The number of phenolic OH excluding ortho intramolecular Hbond substituents is 1. The molecule has 1 aromatic rings. The van der Waals surface area contributed by atoms with E-state index in [1.807, 2.05) is 0 Å². The molecule has 2 amide bonds. The van der Waals surface area contributed by atoms with Gasteiger partial charge in [-0.15, -0.1) is 11.8 Å². The Kier molecular flexibility index (Phi) is 13.4. The fraction of sp³-hybridized carbons (Fsp3) is 0.476. The number of nitrogens with two attached hydrogens (primary N) is 1. The summed E-state index contributed by atoms with van der Waals surface area (Å²) in [5.41, 5.74) is 5.17. The van der Waals surface area contributed by atoms with Crippen LogP contribution in [0.15, 0.2) is 11.0 Å². The number of nitrogens with one attached hydrogen (secondary N) is 2. The van der Waals surface area contributed by atoms with Crippen LogP contribution < -0.4 is 16.4 Å². The van der Waals surface area contributed by atoms with Gasteiger partial charge in [-0.3, -0.25) is 24.0 Å². The standard InChI is InChI=1S/C21H28Cl2N4O11S2/c1-27(2)40(37,38)13-6-9(18(31)17(23)16(13)22)5-12(21(35)36)39-8-11(19(32)25-7-15(29)30)26-14(28)4-3-10(24)20(33)34/h6,10-12,31H,3-5,7-8,24H2,1-2H3,(H,25,32)(H,26,28)(H,29,30)(H,33,34)(H,35,36)/t10-,11-,12?/m0/s1. The van der Waals surface area contributed by atoms with Crippen LogP contribution in [0.2, 0.25) is 10.0 Å². The largest absolute Gasteiger partial charge is 0.506 e. The fourth-order valence-electron chi connectivity index (χ4n) is 2.96. The monoisotopic (exact) mass is 646 g/mol. The van der Waals surface area contributed by atoms with Crippen molar-refractivity contribution in [3.05, 3.63) is 21.7 Å². The number of aliphatic carboxylic acids is 3. The number of amides is 2. The van der Waals surface area contributed by atoms with Crippen molar-refractivity contribution in [1.29, 1.82) is 0 Å². The van der Waals surface area contributed by atoms with E-state index in [1.165, 1.54) is 14.1 Å². The molecule has 0 fully saturated rings. The first kappa shape index (κ1) is 35.2. The van der Waals surface area contributed by atoms with Crippen molar-refractivity contribution < 1.29 is 52.8 Å². The molecule has 0 aromatic heterocycles. The molecule has 1 unspecified atom stereocenters. The van der Waals surface area contributed by atoms with E-state index in [4.69, 9.17) is 39.1 Å². The SMILES string of the molecule is CN(C)S(=O)(=O)c1cc(CC(SC[C@H](NC(=O)CC[C@H](N)C(=O)O)C(=O)NCC(=O)O)C(=O)O)c(O)c(Cl)c1Cl. The zero-order valence-electron chi connectivity index (χ0n) is 21.1. The number of carboxylic acid groups (broad SMARTS) is 3. The average Bonchev–Trinajstić information content (AvgIpc) is 2.86. The molecule has 0 heterocycles. The molecule has 0 saturated carbocycles. The highest BCUT2D eigenvalue weighted by molar-refractivity contribution is 8.00. The molecule has 15 nitrogen and oxygen atoms in total. The van der Waals surface area contributed by atoms with Crippen LogP contribution in [0.1, 0.15) is 18.4 Å². The Morgan fingerprint density at radius 2 is 1.68 bits per heavy atom. The number of carbonyl (C=O) groups excluding carboxylic acids is 2. The molecule has 0 spiro atoms. The molecule has 1 aromatic carbocycles. The fourth-order valence-corrected chi connectivity index (χ4v) is 5.79. The van der Waals surface area contributed by atoms with Crippen LogP contribution in [0.25, 0.3) is 0 Å². The van der Waals surface area contributed by atoms with E-state index in [-0.39, 0.29) is 12.0 Å². The van der Waals surface area contributed by atoms with Gasteiger partial charge in [-0.2, -0.15) is 0 Å². The number of aromatic hydroxyl groups is 1. The molecule has 19 heteroatoms. The molecule has 224 valence electrons. The van der Waals surface area contributed by atoms with Gasteiger partial charge in [0.25, 0.3) is 0 Å². The highest BCUT2D eigenvalue weighted by Gasteiger charge is 2.30. The molecule has 3 atom stereocenters. The van der Waals surface area contributed by atoms with Gasteiger partial charge < -0.3 is 36.8 Å². The van der Waals surface area contributed by atoms with Crippen molar-refractivity contribution in [2.75, 3.05) is 26.4 Å². The zero-order valence-corrected chi connectivity index (χ0v) is 24.2. The molecular formula is C21H28Cl2N4O11S2. The average molecular weight is 648 g/mol. The number of rotatable bonds is 16.